The topological polar surface area (TPSA) is 82.0 Å². The molecule has 0 saturated carbocycles. The number of ether oxygens (including phenoxy) is 2. The summed E-state index contributed by atoms with van der Waals surface area (Å²) in [4.78, 5) is 23.2. The van der Waals surface area contributed by atoms with Crippen molar-refractivity contribution in [3.05, 3.63) is 46.5 Å². The Morgan fingerprint density at radius 2 is 2.05 bits per heavy atom. The highest BCUT2D eigenvalue weighted by Crippen LogP contribution is 2.15. The van der Waals surface area contributed by atoms with E-state index < -0.39 is 0 Å². The third-order valence-corrected chi connectivity index (χ3v) is 3.26. The Kier molecular flexibility index (Phi) is 3.78. The molecular weight excluding hydrogens is 284 g/mol. The summed E-state index contributed by atoms with van der Waals surface area (Å²) in [5.74, 6) is 0.774. The number of aromatic nitrogens is 4. The lowest BCUT2D eigenvalue weighted by Crippen LogP contribution is -2.17. The number of benzene rings is 1. The van der Waals surface area contributed by atoms with Gasteiger partial charge in [0.05, 0.1) is 26.5 Å². The molecule has 2 heterocycles. The number of rotatable bonds is 5. The third-order valence-electron chi connectivity index (χ3n) is 3.26. The zero-order valence-corrected chi connectivity index (χ0v) is 12.4. The van der Waals surface area contributed by atoms with E-state index in [0.29, 0.717) is 24.3 Å². The monoisotopic (exact) mass is 300 g/mol. The van der Waals surface area contributed by atoms with E-state index in [1.54, 1.807) is 17.9 Å². The Hall–Kier alpha value is -2.83. The predicted octanol–water partition coefficient (Wildman–Crippen LogP) is 1.58. The molecule has 7 nitrogen and oxygen atoms in total. The Morgan fingerprint density at radius 3 is 2.73 bits per heavy atom. The molecule has 0 bridgehead atoms. The van der Waals surface area contributed by atoms with Gasteiger partial charge in [0.15, 0.2) is 5.65 Å². The van der Waals surface area contributed by atoms with E-state index in [4.69, 9.17) is 9.47 Å². The normalized spacial score (nSPS) is 10.8. The molecular formula is C15H16N4O3. The molecule has 1 N–H and O–H groups in total. The number of nitrogens with one attached hydrogen (secondary N) is 1. The first-order chi connectivity index (χ1) is 10.7. The zero-order valence-electron chi connectivity index (χ0n) is 12.4. The average Bonchev–Trinajstić information content (AvgIpc) is 2.84. The Labute approximate surface area is 126 Å². The molecule has 0 aliphatic heterocycles. The van der Waals surface area contributed by atoms with Gasteiger partial charge in [0.1, 0.15) is 11.3 Å². The van der Waals surface area contributed by atoms with E-state index in [1.807, 2.05) is 31.2 Å². The fourth-order valence-corrected chi connectivity index (χ4v) is 2.19. The van der Waals surface area contributed by atoms with E-state index >= 15 is 0 Å². The van der Waals surface area contributed by atoms with E-state index in [0.717, 1.165) is 11.3 Å². The lowest BCUT2D eigenvalue weighted by molar-refractivity contribution is 0.313. The summed E-state index contributed by atoms with van der Waals surface area (Å²) in [5.41, 5.74) is 1.86. The molecule has 0 aliphatic carbocycles. The van der Waals surface area contributed by atoms with Crippen molar-refractivity contribution in [3.8, 4) is 11.8 Å². The quantitative estimate of drug-likeness (QED) is 0.773. The maximum Gasteiger partial charge on any atom is 0.328 e. The lowest BCUT2D eigenvalue weighted by atomic mass is 10.2. The van der Waals surface area contributed by atoms with Crippen LogP contribution in [0.15, 0.2) is 35.3 Å². The number of H-pyrrole nitrogens is 1. The number of nitrogens with zero attached hydrogens (tertiary/aromatic N) is 3. The van der Waals surface area contributed by atoms with Gasteiger partial charge < -0.3 is 14.5 Å². The maximum atomic E-state index is 12.1. The molecule has 3 aromatic rings. The number of methoxy groups -OCH3 is 1. The molecule has 0 saturated heterocycles. The molecule has 2 aromatic heterocycles. The van der Waals surface area contributed by atoms with E-state index in [-0.39, 0.29) is 11.7 Å². The summed E-state index contributed by atoms with van der Waals surface area (Å²) in [7, 11) is 1.62. The number of hydrogen-bond donors (Lipinski definition) is 1. The molecule has 7 heteroatoms. The Bertz CT molecular complexity index is 836. The summed E-state index contributed by atoms with van der Waals surface area (Å²) in [5, 5.41) is 0. The van der Waals surface area contributed by atoms with Gasteiger partial charge in [-0.3, -0.25) is 4.57 Å². The average molecular weight is 300 g/mol. The van der Waals surface area contributed by atoms with Crippen molar-refractivity contribution < 1.29 is 9.47 Å². The molecule has 0 unspecified atom stereocenters. The number of fused-ring (bicyclic) bond motifs is 1. The number of hydrogen-bond acceptors (Lipinski definition) is 5. The minimum absolute atomic E-state index is 0.228. The summed E-state index contributed by atoms with van der Waals surface area (Å²) in [6.45, 7) is 2.74. The molecule has 22 heavy (non-hydrogen) atoms. The van der Waals surface area contributed by atoms with Crippen LogP contribution in [0.25, 0.3) is 11.2 Å². The lowest BCUT2D eigenvalue weighted by Gasteiger charge is -2.05. The van der Waals surface area contributed by atoms with Crippen LogP contribution >= 0.6 is 0 Å². The van der Waals surface area contributed by atoms with E-state index in [1.165, 1.54) is 0 Å². The van der Waals surface area contributed by atoms with Crippen molar-refractivity contribution in [1.82, 2.24) is 19.5 Å². The molecule has 0 amide bonds. The highest BCUT2D eigenvalue weighted by molar-refractivity contribution is 5.69. The third kappa shape index (κ3) is 2.65. The fraction of sp³-hybridized carbons (Fsp3) is 0.267. The minimum atomic E-state index is -0.228. The molecule has 3 rings (SSSR count). The number of imidazole rings is 1. The van der Waals surface area contributed by atoms with E-state index in [9.17, 15) is 4.79 Å². The summed E-state index contributed by atoms with van der Waals surface area (Å²) >= 11 is 0. The van der Waals surface area contributed by atoms with Crippen molar-refractivity contribution in [3.63, 3.8) is 0 Å². The molecule has 0 spiro atoms. The van der Waals surface area contributed by atoms with Crippen LogP contribution in [0.5, 0.6) is 11.8 Å². The molecule has 0 radical (unpaired) electrons. The van der Waals surface area contributed by atoms with Gasteiger partial charge in [-0.05, 0) is 24.6 Å². The van der Waals surface area contributed by atoms with Gasteiger partial charge in [0.25, 0.3) is 0 Å². The van der Waals surface area contributed by atoms with E-state index in [2.05, 4.69) is 15.0 Å². The highest BCUT2D eigenvalue weighted by atomic mass is 16.5. The summed E-state index contributed by atoms with van der Waals surface area (Å²) in [6, 6.07) is 7.80. The van der Waals surface area contributed by atoms with Gasteiger partial charge in [-0.25, -0.2) is 9.78 Å². The van der Waals surface area contributed by atoms with Gasteiger partial charge in [-0.1, -0.05) is 12.1 Å². The highest BCUT2D eigenvalue weighted by Gasteiger charge is 2.11. The summed E-state index contributed by atoms with van der Waals surface area (Å²) in [6.07, 6.45) is 1.55. The fourth-order valence-electron chi connectivity index (χ4n) is 2.19. The SMILES string of the molecule is CCOc1ncc2[nH]c(=O)n(Cc3ccc(OC)cc3)c2n1. The van der Waals surface area contributed by atoms with Crippen LogP contribution in [0.3, 0.4) is 0 Å². The van der Waals surface area contributed by atoms with Crippen molar-refractivity contribution in [1.29, 1.82) is 0 Å². The van der Waals surface area contributed by atoms with Crippen molar-refractivity contribution in [2.75, 3.05) is 13.7 Å². The predicted molar refractivity (Wildman–Crippen MR) is 81.4 cm³/mol. The van der Waals surface area contributed by atoms with Gasteiger partial charge in [0.2, 0.25) is 0 Å². The molecule has 0 fully saturated rings. The second-order valence-electron chi connectivity index (χ2n) is 4.69. The van der Waals surface area contributed by atoms with Crippen LogP contribution in [0.1, 0.15) is 12.5 Å². The molecule has 0 atom stereocenters. The smallest absolute Gasteiger partial charge is 0.328 e. The molecule has 114 valence electrons. The zero-order chi connectivity index (χ0) is 15.5. The second kappa shape index (κ2) is 5.88. The van der Waals surface area contributed by atoms with Gasteiger partial charge in [-0.15, -0.1) is 0 Å². The van der Waals surface area contributed by atoms with Crippen LogP contribution in [-0.4, -0.2) is 33.2 Å². The van der Waals surface area contributed by atoms with Crippen LogP contribution in [-0.2, 0) is 6.54 Å². The van der Waals surface area contributed by atoms with Crippen LogP contribution < -0.4 is 15.2 Å². The van der Waals surface area contributed by atoms with Crippen molar-refractivity contribution in [2.45, 2.75) is 13.5 Å². The standard InChI is InChI=1S/C15H16N4O3/c1-3-22-14-16-8-12-13(18-14)19(15(20)17-12)9-10-4-6-11(21-2)7-5-10/h4-8H,3,9H2,1-2H3,(H,17,20). The second-order valence-corrected chi connectivity index (χ2v) is 4.69. The first kappa shape index (κ1) is 14.1. The van der Waals surface area contributed by atoms with Crippen molar-refractivity contribution in [2.24, 2.45) is 0 Å². The Balaban J connectivity index is 1.99. The van der Waals surface area contributed by atoms with Gasteiger partial charge >= 0.3 is 11.7 Å². The van der Waals surface area contributed by atoms with Crippen LogP contribution in [0.4, 0.5) is 0 Å². The Morgan fingerprint density at radius 1 is 1.27 bits per heavy atom. The largest absolute Gasteiger partial charge is 0.497 e. The van der Waals surface area contributed by atoms with Gasteiger partial charge in [0, 0.05) is 0 Å². The van der Waals surface area contributed by atoms with Crippen LogP contribution in [0, 0.1) is 0 Å². The van der Waals surface area contributed by atoms with Crippen molar-refractivity contribution >= 4 is 11.2 Å². The number of aromatic amines is 1. The first-order valence-electron chi connectivity index (χ1n) is 6.92. The molecule has 0 aliphatic rings. The van der Waals surface area contributed by atoms with Crippen LogP contribution in [0.2, 0.25) is 0 Å². The molecule has 1 aromatic carbocycles. The summed E-state index contributed by atoms with van der Waals surface area (Å²) < 4.78 is 12.0. The minimum Gasteiger partial charge on any atom is -0.497 e. The maximum absolute atomic E-state index is 12.1. The first-order valence-corrected chi connectivity index (χ1v) is 6.92. The van der Waals surface area contributed by atoms with Gasteiger partial charge in [-0.2, -0.15) is 4.98 Å².